The van der Waals surface area contributed by atoms with Gasteiger partial charge in [0.1, 0.15) is 5.82 Å². The highest BCUT2D eigenvalue weighted by Crippen LogP contribution is 2.32. The van der Waals surface area contributed by atoms with Gasteiger partial charge >= 0.3 is 6.18 Å². The summed E-state index contributed by atoms with van der Waals surface area (Å²) in [5.74, 6) is -0.282. The number of hydrogen-bond acceptors (Lipinski definition) is 6. The predicted molar refractivity (Wildman–Crippen MR) is 125 cm³/mol. The Bertz CT molecular complexity index is 1290. The molecule has 0 spiro atoms. The lowest BCUT2D eigenvalue weighted by Crippen LogP contribution is -2.18. The van der Waals surface area contributed by atoms with Crippen molar-refractivity contribution in [1.29, 1.82) is 0 Å². The van der Waals surface area contributed by atoms with E-state index in [1.165, 1.54) is 0 Å². The van der Waals surface area contributed by atoms with Crippen LogP contribution in [0, 0.1) is 0 Å². The van der Waals surface area contributed by atoms with Gasteiger partial charge in [-0.1, -0.05) is 61.4 Å². The molecule has 0 bridgehead atoms. The van der Waals surface area contributed by atoms with Gasteiger partial charge in [-0.2, -0.15) is 18.4 Å². The molecule has 1 aliphatic carbocycles. The van der Waals surface area contributed by atoms with Crippen LogP contribution in [0.1, 0.15) is 48.3 Å². The van der Waals surface area contributed by atoms with Crippen molar-refractivity contribution in [2.75, 3.05) is 5.32 Å². The molecular formula is C25H24F3N7. The molecule has 2 heterocycles. The van der Waals surface area contributed by atoms with Crippen LogP contribution in [0.25, 0.3) is 22.5 Å². The molecule has 180 valence electrons. The summed E-state index contributed by atoms with van der Waals surface area (Å²) in [6.45, 7) is 0.355. The lowest BCUT2D eigenvalue weighted by molar-refractivity contribution is -0.145. The van der Waals surface area contributed by atoms with Crippen molar-refractivity contribution in [3.05, 3.63) is 71.2 Å². The van der Waals surface area contributed by atoms with E-state index in [0.717, 1.165) is 53.5 Å². The lowest BCUT2D eigenvalue weighted by Gasteiger charge is -2.19. The summed E-state index contributed by atoms with van der Waals surface area (Å²) in [5, 5.41) is 17.4. The van der Waals surface area contributed by atoms with Gasteiger partial charge in [-0.15, -0.1) is 10.2 Å². The van der Waals surface area contributed by atoms with E-state index in [0.29, 0.717) is 30.9 Å². The number of halogens is 3. The van der Waals surface area contributed by atoms with Crippen LogP contribution >= 0.6 is 0 Å². The molecule has 0 saturated carbocycles. The number of aromatic amines is 1. The summed E-state index contributed by atoms with van der Waals surface area (Å²) >= 11 is 0. The topological polar surface area (TPSA) is 92.3 Å². The van der Waals surface area contributed by atoms with Gasteiger partial charge in [-0.05, 0) is 47.6 Å². The van der Waals surface area contributed by atoms with Crippen molar-refractivity contribution in [2.45, 2.75) is 51.2 Å². The molecule has 35 heavy (non-hydrogen) atoms. The van der Waals surface area contributed by atoms with Crippen molar-refractivity contribution in [3.8, 4) is 22.5 Å². The van der Waals surface area contributed by atoms with Crippen molar-refractivity contribution in [3.63, 3.8) is 0 Å². The molecule has 0 fully saturated rings. The number of aromatic nitrogens is 6. The third-order valence-electron chi connectivity index (χ3n) is 6.17. The van der Waals surface area contributed by atoms with Crippen LogP contribution < -0.4 is 5.32 Å². The third kappa shape index (κ3) is 5.16. The lowest BCUT2D eigenvalue weighted by atomic mass is 9.97. The molecule has 0 aliphatic heterocycles. The number of H-pyrrole nitrogens is 1. The number of alkyl halides is 3. The van der Waals surface area contributed by atoms with E-state index in [2.05, 4.69) is 35.9 Å². The van der Waals surface area contributed by atoms with Gasteiger partial charge in [-0.25, -0.2) is 9.97 Å². The number of anilines is 1. The summed E-state index contributed by atoms with van der Waals surface area (Å²) in [4.78, 5) is 7.76. The molecule has 10 heteroatoms. The number of nitrogens with zero attached hydrogens (tertiary/aromatic N) is 5. The van der Waals surface area contributed by atoms with Crippen molar-refractivity contribution in [1.82, 2.24) is 30.6 Å². The Balaban J connectivity index is 1.39. The highest BCUT2D eigenvalue weighted by atomic mass is 19.4. The number of benzene rings is 2. The van der Waals surface area contributed by atoms with Crippen LogP contribution in [-0.4, -0.2) is 30.6 Å². The maximum absolute atomic E-state index is 13.5. The van der Waals surface area contributed by atoms with Crippen molar-refractivity contribution >= 4 is 5.82 Å². The number of tetrazole rings is 1. The second kappa shape index (κ2) is 9.81. The summed E-state index contributed by atoms with van der Waals surface area (Å²) < 4.78 is 40.4. The Labute approximate surface area is 200 Å². The standard InChI is InChI=1S/C25H24F3N7/c26-25(27,28)24-30-21-10-4-2-1-3-9-20(21)22(31-24)29-15-16-11-13-17(14-12-16)18-7-5-6-8-19(18)23-32-34-35-33-23/h5-8,11-14H,1-4,9-10,15H2,(H,29,30,31)(H,32,33,34,35). The molecule has 0 saturated heterocycles. The van der Waals surface area contributed by atoms with Gasteiger partial charge in [-0.3, -0.25) is 0 Å². The van der Waals surface area contributed by atoms with Gasteiger partial charge in [0.25, 0.3) is 0 Å². The van der Waals surface area contributed by atoms with Crippen LogP contribution in [0.2, 0.25) is 0 Å². The van der Waals surface area contributed by atoms with Crippen molar-refractivity contribution < 1.29 is 13.2 Å². The first-order chi connectivity index (χ1) is 17.0. The Morgan fingerprint density at radius 1 is 0.857 bits per heavy atom. The van der Waals surface area contributed by atoms with Crippen LogP contribution in [0.15, 0.2) is 48.5 Å². The minimum absolute atomic E-state index is 0.288. The number of hydrogen-bond donors (Lipinski definition) is 2. The average Bonchev–Trinajstić information content (AvgIpc) is 3.38. The van der Waals surface area contributed by atoms with Crippen LogP contribution in [0.4, 0.5) is 19.0 Å². The van der Waals surface area contributed by atoms with E-state index < -0.39 is 12.0 Å². The summed E-state index contributed by atoms with van der Waals surface area (Å²) in [5.41, 5.74) is 5.04. The van der Waals surface area contributed by atoms with Crippen molar-refractivity contribution in [2.24, 2.45) is 0 Å². The number of fused-ring (bicyclic) bond motifs is 1. The van der Waals surface area contributed by atoms with E-state index in [1.54, 1.807) is 0 Å². The zero-order valence-corrected chi connectivity index (χ0v) is 18.9. The van der Waals surface area contributed by atoms with E-state index in [9.17, 15) is 13.2 Å². The van der Waals surface area contributed by atoms with E-state index in [1.807, 2.05) is 48.5 Å². The molecule has 0 atom stereocenters. The third-order valence-corrected chi connectivity index (χ3v) is 6.17. The van der Waals surface area contributed by atoms with Crippen LogP contribution in [0.5, 0.6) is 0 Å². The fraction of sp³-hybridized carbons (Fsp3) is 0.320. The van der Waals surface area contributed by atoms with Gasteiger partial charge in [0.2, 0.25) is 11.6 Å². The Kier molecular flexibility index (Phi) is 6.43. The zero-order chi connectivity index (χ0) is 24.3. The fourth-order valence-corrected chi connectivity index (χ4v) is 4.41. The number of aryl methyl sites for hydroxylation is 1. The fourth-order valence-electron chi connectivity index (χ4n) is 4.41. The van der Waals surface area contributed by atoms with E-state index in [-0.39, 0.29) is 5.82 Å². The van der Waals surface area contributed by atoms with Crippen LogP contribution in [0.3, 0.4) is 0 Å². The molecule has 7 nitrogen and oxygen atoms in total. The minimum atomic E-state index is -4.58. The second-order valence-electron chi connectivity index (χ2n) is 8.56. The SMILES string of the molecule is FC(F)(F)c1nc2c(c(NCc3ccc(-c4ccccc4-c4nn[nH]n4)cc3)n1)CCCCCC2. The van der Waals surface area contributed by atoms with Gasteiger partial charge < -0.3 is 5.32 Å². The minimum Gasteiger partial charge on any atom is -0.366 e. The first kappa shape index (κ1) is 22.9. The molecule has 5 rings (SSSR count). The van der Waals surface area contributed by atoms with Crippen LogP contribution in [-0.2, 0) is 25.6 Å². The quantitative estimate of drug-likeness (QED) is 0.386. The monoisotopic (exact) mass is 479 g/mol. The molecule has 4 aromatic rings. The van der Waals surface area contributed by atoms with Gasteiger partial charge in [0.15, 0.2) is 0 Å². The Morgan fingerprint density at radius 2 is 1.60 bits per heavy atom. The van der Waals surface area contributed by atoms with Gasteiger partial charge in [0, 0.05) is 23.4 Å². The largest absolute Gasteiger partial charge is 0.451 e. The predicted octanol–water partition coefficient (Wildman–Crippen LogP) is 5.61. The van der Waals surface area contributed by atoms with E-state index in [4.69, 9.17) is 0 Å². The molecular weight excluding hydrogens is 455 g/mol. The second-order valence-corrected chi connectivity index (χ2v) is 8.56. The maximum atomic E-state index is 13.5. The molecule has 0 unspecified atom stereocenters. The Morgan fingerprint density at radius 3 is 2.31 bits per heavy atom. The number of rotatable bonds is 5. The molecule has 2 N–H and O–H groups in total. The number of nitrogens with one attached hydrogen (secondary N) is 2. The Hall–Kier alpha value is -3.82. The normalized spacial score (nSPS) is 14.1. The first-order valence-electron chi connectivity index (χ1n) is 11.6. The highest BCUT2D eigenvalue weighted by Gasteiger charge is 2.36. The van der Waals surface area contributed by atoms with Gasteiger partial charge in [0.05, 0.1) is 0 Å². The van der Waals surface area contributed by atoms with E-state index >= 15 is 0 Å². The maximum Gasteiger partial charge on any atom is 0.451 e. The summed E-state index contributed by atoms with van der Waals surface area (Å²) in [7, 11) is 0. The summed E-state index contributed by atoms with van der Waals surface area (Å²) in [6, 6.07) is 15.6. The smallest absolute Gasteiger partial charge is 0.366 e. The average molecular weight is 480 g/mol. The molecule has 0 amide bonds. The molecule has 2 aromatic carbocycles. The summed E-state index contributed by atoms with van der Waals surface area (Å²) in [6.07, 6.45) is 0.480. The molecule has 0 radical (unpaired) electrons. The zero-order valence-electron chi connectivity index (χ0n) is 18.9. The molecule has 1 aliphatic rings. The highest BCUT2D eigenvalue weighted by molar-refractivity contribution is 5.80. The molecule has 2 aromatic heterocycles. The first-order valence-corrected chi connectivity index (χ1v) is 11.6.